The van der Waals surface area contributed by atoms with Crippen LogP contribution in [0.3, 0.4) is 0 Å². The Morgan fingerprint density at radius 3 is 2.60 bits per heavy atom. The first kappa shape index (κ1) is 14.4. The summed E-state index contributed by atoms with van der Waals surface area (Å²) < 4.78 is 1.45. The second kappa shape index (κ2) is 5.58. The number of rotatable bonds is 4. The van der Waals surface area contributed by atoms with E-state index in [1.165, 1.54) is 4.68 Å². The van der Waals surface area contributed by atoms with Crippen LogP contribution in [0.5, 0.6) is 0 Å². The first-order valence-electron chi connectivity index (χ1n) is 6.55. The lowest BCUT2D eigenvalue weighted by atomic mass is 9.80. The lowest BCUT2D eigenvalue weighted by Gasteiger charge is -2.36. The molecule has 110 valence electrons. The van der Waals surface area contributed by atoms with Crippen molar-refractivity contribution in [2.75, 3.05) is 13.1 Å². The van der Waals surface area contributed by atoms with Gasteiger partial charge in [-0.2, -0.15) is 0 Å². The molecule has 1 aliphatic heterocycles. The van der Waals surface area contributed by atoms with E-state index in [2.05, 4.69) is 10.3 Å². The molecule has 0 unspecified atom stereocenters. The summed E-state index contributed by atoms with van der Waals surface area (Å²) in [4.78, 5) is 24.9. The minimum atomic E-state index is -0.798. The van der Waals surface area contributed by atoms with E-state index >= 15 is 0 Å². The van der Waals surface area contributed by atoms with Gasteiger partial charge in [0.15, 0.2) is 0 Å². The molecule has 1 fully saturated rings. The SMILES string of the molecule is CC1(C(=O)O)CCN(C(=O)Cn2cc(CN)nn2)CC1. The van der Waals surface area contributed by atoms with Gasteiger partial charge in [-0.1, -0.05) is 5.21 Å². The highest BCUT2D eigenvalue weighted by molar-refractivity contribution is 5.77. The Hall–Kier alpha value is -1.96. The molecule has 0 aliphatic carbocycles. The summed E-state index contributed by atoms with van der Waals surface area (Å²) in [7, 11) is 0. The number of carboxylic acids is 1. The van der Waals surface area contributed by atoms with E-state index in [4.69, 9.17) is 10.8 Å². The fraction of sp³-hybridized carbons (Fsp3) is 0.667. The summed E-state index contributed by atoms with van der Waals surface area (Å²) in [6.45, 7) is 3.04. The Balaban J connectivity index is 1.90. The first-order valence-corrected chi connectivity index (χ1v) is 6.55. The maximum atomic E-state index is 12.1. The number of aromatic nitrogens is 3. The van der Waals surface area contributed by atoms with Gasteiger partial charge in [-0.3, -0.25) is 9.59 Å². The molecule has 1 aromatic heterocycles. The molecule has 3 N–H and O–H groups in total. The fourth-order valence-corrected chi connectivity index (χ4v) is 2.21. The van der Waals surface area contributed by atoms with Crippen LogP contribution >= 0.6 is 0 Å². The summed E-state index contributed by atoms with van der Waals surface area (Å²) in [6, 6.07) is 0. The van der Waals surface area contributed by atoms with Gasteiger partial charge in [0.05, 0.1) is 17.3 Å². The lowest BCUT2D eigenvalue weighted by molar-refractivity contribution is -0.153. The van der Waals surface area contributed by atoms with Gasteiger partial charge in [-0.05, 0) is 19.8 Å². The van der Waals surface area contributed by atoms with Gasteiger partial charge < -0.3 is 15.7 Å². The molecular weight excluding hydrogens is 262 g/mol. The van der Waals surface area contributed by atoms with Crippen LogP contribution in [-0.4, -0.2) is 50.0 Å². The molecule has 20 heavy (non-hydrogen) atoms. The van der Waals surface area contributed by atoms with E-state index in [9.17, 15) is 9.59 Å². The van der Waals surface area contributed by atoms with Crippen LogP contribution in [0.2, 0.25) is 0 Å². The standard InChI is InChI=1S/C12H19N5O3/c1-12(11(19)20)2-4-16(5-3-12)10(18)8-17-7-9(6-13)14-15-17/h7H,2-6,8,13H2,1H3,(H,19,20). The summed E-state index contributed by atoms with van der Waals surface area (Å²) in [5, 5.41) is 16.8. The molecule has 2 rings (SSSR count). The van der Waals surface area contributed by atoms with Crippen molar-refractivity contribution in [1.82, 2.24) is 19.9 Å². The summed E-state index contributed by atoms with van der Waals surface area (Å²) in [6.07, 6.45) is 2.59. The molecule has 8 heteroatoms. The number of nitrogens with two attached hydrogens (primary N) is 1. The van der Waals surface area contributed by atoms with Crippen LogP contribution in [0.4, 0.5) is 0 Å². The Bertz CT molecular complexity index is 505. The molecule has 0 bridgehead atoms. The zero-order valence-electron chi connectivity index (χ0n) is 11.4. The molecule has 0 aromatic carbocycles. The van der Waals surface area contributed by atoms with Crippen molar-refractivity contribution in [1.29, 1.82) is 0 Å². The zero-order valence-corrected chi connectivity index (χ0v) is 11.4. The smallest absolute Gasteiger partial charge is 0.309 e. The number of hydrogen-bond donors (Lipinski definition) is 2. The van der Waals surface area contributed by atoms with E-state index in [1.54, 1.807) is 18.0 Å². The van der Waals surface area contributed by atoms with Gasteiger partial charge in [0.25, 0.3) is 0 Å². The van der Waals surface area contributed by atoms with Crippen molar-refractivity contribution in [3.05, 3.63) is 11.9 Å². The third-order valence-electron chi connectivity index (χ3n) is 3.83. The van der Waals surface area contributed by atoms with E-state index in [0.29, 0.717) is 31.6 Å². The van der Waals surface area contributed by atoms with Gasteiger partial charge in [0.1, 0.15) is 6.54 Å². The van der Waals surface area contributed by atoms with Crippen molar-refractivity contribution in [2.45, 2.75) is 32.9 Å². The lowest BCUT2D eigenvalue weighted by Crippen LogP contribution is -2.46. The molecule has 1 aromatic rings. The number of hydrogen-bond acceptors (Lipinski definition) is 5. The van der Waals surface area contributed by atoms with Gasteiger partial charge in [0.2, 0.25) is 5.91 Å². The molecule has 0 spiro atoms. The van der Waals surface area contributed by atoms with Crippen LogP contribution in [0.15, 0.2) is 6.20 Å². The maximum absolute atomic E-state index is 12.1. The highest BCUT2D eigenvalue weighted by Crippen LogP contribution is 2.31. The number of nitrogens with zero attached hydrogens (tertiary/aromatic N) is 4. The van der Waals surface area contributed by atoms with Crippen LogP contribution < -0.4 is 5.73 Å². The Labute approximate surface area is 116 Å². The predicted octanol–water partition coefficient (Wildman–Crippen LogP) is -0.550. The molecule has 1 aliphatic rings. The highest BCUT2D eigenvalue weighted by atomic mass is 16.4. The zero-order chi connectivity index (χ0) is 14.8. The van der Waals surface area contributed by atoms with Crippen LogP contribution in [-0.2, 0) is 22.7 Å². The van der Waals surface area contributed by atoms with Gasteiger partial charge in [-0.15, -0.1) is 5.10 Å². The number of carbonyl (C=O) groups is 2. The topological polar surface area (TPSA) is 114 Å². The summed E-state index contributed by atoms with van der Waals surface area (Å²) >= 11 is 0. The molecule has 0 atom stereocenters. The number of piperidine rings is 1. The van der Waals surface area contributed by atoms with Crippen molar-refractivity contribution in [3.8, 4) is 0 Å². The van der Waals surface area contributed by atoms with E-state index in [-0.39, 0.29) is 19.0 Å². The second-order valence-electron chi connectivity index (χ2n) is 5.36. The van der Waals surface area contributed by atoms with Crippen LogP contribution in [0.1, 0.15) is 25.5 Å². The van der Waals surface area contributed by atoms with Gasteiger partial charge in [-0.25, -0.2) is 4.68 Å². The Morgan fingerprint density at radius 2 is 2.10 bits per heavy atom. The average molecular weight is 281 g/mol. The number of likely N-dealkylation sites (tertiary alicyclic amines) is 1. The van der Waals surface area contributed by atoms with Gasteiger partial charge >= 0.3 is 5.97 Å². The van der Waals surface area contributed by atoms with Crippen molar-refractivity contribution in [3.63, 3.8) is 0 Å². The first-order chi connectivity index (χ1) is 9.44. The molecule has 8 nitrogen and oxygen atoms in total. The normalized spacial score (nSPS) is 18.0. The monoisotopic (exact) mass is 281 g/mol. The van der Waals surface area contributed by atoms with Crippen LogP contribution in [0.25, 0.3) is 0 Å². The third kappa shape index (κ3) is 2.96. The van der Waals surface area contributed by atoms with Crippen molar-refractivity contribution in [2.24, 2.45) is 11.1 Å². The van der Waals surface area contributed by atoms with E-state index in [1.807, 2.05) is 0 Å². The quantitative estimate of drug-likeness (QED) is 0.765. The largest absolute Gasteiger partial charge is 0.481 e. The minimum Gasteiger partial charge on any atom is -0.481 e. The van der Waals surface area contributed by atoms with Gasteiger partial charge in [0, 0.05) is 19.6 Å². The molecule has 1 amide bonds. The molecule has 0 radical (unpaired) electrons. The molecule has 1 saturated heterocycles. The molecular formula is C12H19N5O3. The molecule has 0 saturated carbocycles. The third-order valence-corrected chi connectivity index (χ3v) is 3.83. The summed E-state index contributed by atoms with van der Waals surface area (Å²) in [5.41, 5.74) is 5.34. The Kier molecular flexibility index (Phi) is 4.03. The fourth-order valence-electron chi connectivity index (χ4n) is 2.21. The number of aliphatic carboxylic acids is 1. The second-order valence-corrected chi connectivity index (χ2v) is 5.36. The predicted molar refractivity (Wildman–Crippen MR) is 69.5 cm³/mol. The van der Waals surface area contributed by atoms with Crippen molar-refractivity contribution < 1.29 is 14.7 Å². The van der Waals surface area contributed by atoms with Crippen molar-refractivity contribution >= 4 is 11.9 Å². The van der Waals surface area contributed by atoms with E-state index in [0.717, 1.165) is 0 Å². The number of carboxylic acid groups (broad SMARTS) is 1. The Morgan fingerprint density at radius 1 is 1.45 bits per heavy atom. The minimum absolute atomic E-state index is 0.0779. The maximum Gasteiger partial charge on any atom is 0.309 e. The molecule has 2 heterocycles. The van der Waals surface area contributed by atoms with E-state index < -0.39 is 11.4 Å². The summed E-state index contributed by atoms with van der Waals surface area (Å²) in [5.74, 6) is -0.876. The highest BCUT2D eigenvalue weighted by Gasteiger charge is 2.37. The number of carbonyl (C=O) groups excluding carboxylic acids is 1. The van der Waals surface area contributed by atoms with Crippen LogP contribution in [0, 0.1) is 5.41 Å². The average Bonchev–Trinajstić information content (AvgIpc) is 2.87. The number of amides is 1.